The van der Waals surface area contributed by atoms with Gasteiger partial charge in [-0.3, -0.25) is 14.3 Å². The molecule has 0 bridgehead atoms. The number of H-pyrrole nitrogens is 1. The van der Waals surface area contributed by atoms with E-state index in [1.807, 2.05) is 0 Å². The first-order chi connectivity index (χ1) is 9.65. The van der Waals surface area contributed by atoms with Gasteiger partial charge in [-0.25, -0.2) is 4.98 Å². The van der Waals surface area contributed by atoms with E-state index < -0.39 is 11.7 Å². The van der Waals surface area contributed by atoms with Crippen LogP contribution in [0.5, 0.6) is 0 Å². The van der Waals surface area contributed by atoms with Crippen molar-refractivity contribution in [3.63, 3.8) is 0 Å². The number of ether oxygens (including phenoxy) is 2. The zero-order valence-electron chi connectivity index (χ0n) is 10.5. The fourth-order valence-corrected chi connectivity index (χ4v) is 1.51. The van der Waals surface area contributed by atoms with Crippen LogP contribution in [0.3, 0.4) is 0 Å². The second-order valence-electron chi connectivity index (χ2n) is 3.94. The summed E-state index contributed by atoms with van der Waals surface area (Å²) in [5.74, 6) is -0.0128. The number of aliphatic hydroxyl groups is 2. The molecule has 0 amide bonds. The molecule has 10 heteroatoms. The van der Waals surface area contributed by atoms with Gasteiger partial charge >= 0.3 is 0 Å². The zero-order chi connectivity index (χ0) is 14.5. The number of nitrogens with zero attached hydrogens (tertiary/aromatic N) is 3. The smallest absolute Gasteiger partial charge is 0.280 e. The van der Waals surface area contributed by atoms with Gasteiger partial charge in [-0.15, -0.1) is 0 Å². The summed E-state index contributed by atoms with van der Waals surface area (Å²) in [5.41, 5.74) is 5.48. The molecule has 5 N–H and O–H groups in total. The van der Waals surface area contributed by atoms with Crippen LogP contribution in [-0.2, 0) is 16.2 Å². The number of nitrogen functional groups attached to an aromatic ring is 1. The summed E-state index contributed by atoms with van der Waals surface area (Å²) in [6.45, 7) is -0.706. The highest BCUT2D eigenvalue weighted by atomic mass is 16.7. The van der Waals surface area contributed by atoms with Crippen molar-refractivity contribution in [1.82, 2.24) is 19.5 Å². The Morgan fingerprint density at radius 1 is 1.45 bits per heavy atom. The Hall–Kier alpha value is -2.01. The van der Waals surface area contributed by atoms with Gasteiger partial charge in [0.15, 0.2) is 11.2 Å². The van der Waals surface area contributed by atoms with E-state index in [9.17, 15) is 4.79 Å². The lowest BCUT2D eigenvalue weighted by atomic mass is 10.4. The number of rotatable bonds is 7. The predicted octanol–water partition coefficient (Wildman–Crippen LogP) is -2.00. The Kier molecular flexibility index (Phi) is 4.63. The highest BCUT2D eigenvalue weighted by molar-refractivity contribution is 5.70. The van der Waals surface area contributed by atoms with E-state index in [4.69, 9.17) is 25.4 Å². The van der Waals surface area contributed by atoms with Crippen molar-refractivity contribution in [3.05, 3.63) is 16.7 Å². The quantitative estimate of drug-likeness (QED) is 0.337. The van der Waals surface area contributed by atoms with Gasteiger partial charge in [0.2, 0.25) is 5.95 Å². The Morgan fingerprint density at radius 2 is 2.20 bits per heavy atom. The monoisotopic (exact) mass is 285 g/mol. The fourth-order valence-electron chi connectivity index (χ4n) is 1.51. The first-order valence-electron chi connectivity index (χ1n) is 5.77. The number of nitrogens with two attached hydrogens (primary N) is 1. The van der Waals surface area contributed by atoms with Gasteiger partial charge < -0.3 is 25.4 Å². The maximum absolute atomic E-state index is 11.5. The fraction of sp³-hybridized carbons (Fsp3) is 0.500. The van der Waals surface area contributed by atoms with E-state index >= 15 is 0 Å². The zero-order valence-corrected chi connectivity index (χ0v) is 10.5. The molecule has 20 heavy (non-hydrogen) atoms. The standard InChI is InChI=1S/C10H15N5O5/c11-10-13-8-7(9(18)14-10)12-3-15(8)4-19-5-20-6(1-16)2-17/h3,6,16-17H,1-2,4-5H2,(H3,11,13,14,18). The molecule has 0 radical (unpaired) electrons. The number of anilines is 1. The van der Waals surface area contributed by atoms with E-state index in [1.165, 1.54) is 10.9 Å². The van der Waals surface area contributed by atoms with Crippen LogP contribution in [-0.4, -0.2) is 55.8 Å². The second kappa shape index (κ2) is 6.43. The molecule has 0 spiro atoms. The van der Waals surface area contributed by atoms with Gasteiger partial charge in [0, 0.05) is 0 Å². The molecule has 0 saturated carbocycles. The number of nitrogens with one attached hydrogen (secondary N) is 1. The molecule has 2 rings (SSSR count). The summed E-state index contributed by atoms with van der Waals surface area (Å²) in [6, 6.07) is 0. The van der Waals surface area contributed by atoms with E-state index in [0.29, 0.717) is 5.65 Å². The third-order valence-electron chi connectivity index (χ3n) is 2.52. The van der Waals surface area contributed by atoms with Gasteiger partial charge in [-0.05, 0) is 0 Å². The molecule has 0 aliphatic rings. The number of aromatic amines is 1. The third kappa shape index (κ3) is 3.11. The van der Waals surface area contributed by atoms with E-state index in [1.54, 1.807) is 0 Å². The van der Waals surface area contributed by atoms with Crippen molar-refractivity contribution in [3.8, 4) is 0 Å². The van der Waals surface area contributed by atoms with Crippen LogP contribution in [0.2, 0.25) is 0 Å². The van der Waals surface area contributed by atoms with Crippen LogP contribution in [0.1, 0.15) is 0 Å². The lowest BCUT2D eigenvalue weighted by molar-refractivity contribution is -0.130. The van der Waals surface area contributed by atoms with Crippen molar-refractivity contribution >= 4 is 17.1 Å². The Morgan fingerprint density at radius 3 is 2.90 bits per heavy atom. The van der Waals surface area contributed by atoms with Gasteiger partial charge in [0.1, 0.15) is 19.6 Å². The molecule has 110 valence electrons. The minimum atomic E-state index is -0.689. The van der Waals surface area contributed by atoms with Crippen LogP contribution >= 0.6 is 0 Å². The van der Waals surface area contributed by atoms with Gasteiger partial charge in [0.25, 0.3) is 5.56 Å². The number of aliphatic hydroxyl groups excluding tert-OH is 2. The molecule has 2 heterocycles. The molecule has 0 aliphatic carbocycles. The highest BCUT2D eigenvalue weighted by Gasteiger charge is 2.09. The predicted molar refractivity (Wildman–Crippen MR) is 67.6 cm³/mol. The third-order valence-corrected chi connectivity index (χ3v) is 2.52. The Bertz CT molecular complexity index is 620. The summed E-state index contributed by atoms with van der Waals surface area (Å²) in [5, 5.41) is 17.6. The summed E-state index contributed by atoms with van der Waals surface area (Å²) < 4.78 is 11.7. The molecule has 0 aromatic carbocycles. The molecule has 0 aliphatic heterocycles. The Labute approximate surface area is 112 Å². The number of fused-ring (bicyclic) bond motifs is 1. The van der Waals surface area contributed by atoms with Gasteiger partial charge in [-0.1, -0.05) is 0 Å². The maximum atomic E-state index is 11.5. The first kappa shape index (κ1) is 14.4. The topological polar surface area (TPSA) is 149 Å². The van der Waals surface area contributed by atoms with Gasteiger partial charge in [-0.2, -0.15) is 4.98 Å². The molecule has 10 nitrogen and oxygen atoms in total. The average Bonchev–Trinajstić information content (AvgIpc) is 2.82. The van der Waals surface area contributed by atoms with Crippen LogP contribution in [0.25, 0.3) is 11.2 Å². The number of imidazole rings is 1. The van der Waals surface area contributed by atoms with Crippen molar-refractivity contribution in [2.45, 2.75) is 12.8 Å². The van der Waals surface area contributed by atoms with Crippen LogP contribution in [0, 0.1) is 0 Å². The molecular formula is C10H15N5O5. The van der Waals surface area contributed by atoms with Crippen LogP contribution in [0.4, 0.5) is 5.95 Å². The summed E-state index contributed by atoms with van der Waals surface area (Å²) in [4.78, 5) is 21.7. The van der Waals surface area contributed by atoms with Crippen molar-refractivity contribution in [2.75, 3.05) is 25.7 Å². The largest absolute Gasteiger partial charge is 0.394 e. The van der Waals surface area contributed by atoms with Crippen molar-refractivity contribution < 1.29 is 19.7 Å². The molecule has 0 atom stereocenters. The van der Waals surface area contributed by atoms with E-state index in [2.05, 4.69) is 15.0 Å². The lowest BCUT2D eigenvalue weighted by Gasteiger charge is -2.12. The molecule has 0 saturated heterocycles. The molecule has 2 aromatic heterocycles. The van der Waals surface area contributed by atoms with E-state index in [0.717, 1.165) is 0 Å². The SMILES string of the molecule is Nc1nc2c(ncn2COCOC(CO)CO)c(=O)[nH]1. The lowest BCUT2D eigenvalue weighted by Crippen LogP contribution is -2.23. The summed E-state index contributed by atoms with van der Waals surface area (Å²) in [6.07, 6.45) is 0.702. The average molecular weight is 285 g/mol. The number of hydrogen-bond acceptors (Lipinski definition) is 8. The number of hydrogen-bond donors (Lipinski definition) is 4. The van der Waals surface area contributed by atoms with E-state index in [-0.39, 0.29) is 38.2 Å². The van der Waals surface area contributed by atoms with Crippen LogP contribution in [0.15, 0.2) is 11.1 Å². The van der Waals surface area contributed by atoms with Gasteiger partial charge in [0.05, 0.1) is 19.5 Å². The van der Waals surface area contributed by atoms with Crippen LogP contribution < -0.4 is 11.3 Å². The molecule has 2 aromatic rings. The minimum absolute atomic E-state index is 0.0128. The normalized spacial score (nSPS) is 11.6. The second-order valence-corrected chi connectivity index (χ2v) is 3.94. The Balaban J connectivity index is 1.99. The molecular weight excluding hydrogens is 270 g/mol. The highest BCUT2D eigenvalue weighted by Crippen LogP contribution is 2.06. The minimum Gasteiger partial charge on any atom is -0.394 e. The first-order valence-corrected chi connectivity index (χ1v) is 5.77. The maximum Gasteiger partial charge on any atom is 0.280 e. The van der Waals surface area contributed by atoms with Crippen molar-refractivity contribution in [1.29, 1.82) is 0 Å². The molecule has 0 fully saturated rings. The molecule has 0 unspecified atom stereocenters. The summed E-state index contributed by atoms with van der Waals surface area (Å²) in [7, 11) is 0. The van der Waals surface area contributed by atoms with Crippen molar-refractivity contribution in [2.24, 2.45) is 0 Å². The number of aromatic nitrogens is 4. The summed E-state index contributed by atoms with van der Waals surface area (Å²) >= 11 is 0.